The molecule has 0 spiro atoms. The molecule has 0 aliphatic rings. The average molecular weight is 271 g/mol. The SMILES string of the molecule is CCOc1ccccc1NC(C)Cc1ccc(O)cc1. The topological polar surface area (TPSA) is 41.5 Å². The van der Waals surface area contributed by atoms with Crippen LogP contribution in [0.1, 0.15) is 19.4 Å². The van der Waals surface area contributed by atoms with Crippen molar-refractivity contribution in [3.63, 3.8) is 0 Å². The van der Waals surface area contributed by atoms with Gasteiger partial charge in [0.15, 0.2) is 0 Å². The van der Waals surface area contributed by atoms with Crippen LogP contribution in [0, 0.1) is 0 Å². The quantitative estimate of drug-likeness (QED) is 0.839. The molecular formula is C17H21NO2. The fourth-order valence-corrected chi connectivity index (χ4v) is 2.17. The molecule has 0 saturated carbocycles. The van der Waals surface area contributed by atoms with Crippen LogP contribution in [0.2, 0.25) is 0 Å². The normalized spacial score (nSPS) is 11.9. The van der Waals surface area contributed by atoms with Crippen LogP contribution >= 0.6 is 0 Å². The van der Waals surface area contributed by atoms with Crippen molar-refractivity contribution in [1.29, 1.82) is 0 Å². The van der Waals surface area contributed by atoms with Crippen molar-refractivity contribution < 1.29 is 9.84 Å². The summed E-state index contributed by atoms with van der Waals surface area (Å²) in [5, 5.41) is 12.8. The van der Waals surface area contributed by atoms with E-state index < -0.39 is 0 Å². The first-order valence-corrected chi connectivity index (χ1v) is 6.95. The summed E-state index contributed by atoms with van der Waals surface area (Å²) in [6.45, 7) is 4.78. The van der Waals surface area contributed by atoms with Crippen LogP contribution in [0.5, 0.6) is 11.5 Å². The lowest BCUT2D eigenvalue weighted by molar-refractivity contribution is 0.341. The van der Waals surface area contributed by atoms with E-state index in [1.54, 1.807) is 12.1 Å². The van der Waals surface area contributed by atoms with E-state index in [4.69, 9.17) is 4.74 Å². The molecule has 2 aromatic carbocycles. The molecule has 3 nitrogen and oxygen atoms in total. The molecule has 0 amide bonds. The second-order valence-corrected chi connectivity index (χ2v) is 4.85. The molecule has 0 aromatic heterocycles. The Morgan fingerprint density at radius 2 is 1.80 bits per heavy atom. The van der Waals surface area contributed by atoms with Crippen LogP contribution in [0.3, 0.4) is 0 Å². The minimum absolute atomic E-state index is 0.279. The van der Waals surface area contributed by atoms with E-state index in [0.29, 0.717) is 12.4 Å². The highest BCUT2D eigenvalue weighted by Gasteiger charge is 2.07. The highest BCUT2D eigenvalue weighted by molar-refractivity contribution is 5.56. The summed E-state index contributed by atoms with van der Waals surface area (Å²) in [7, 11) is 0. The first-order chi connectivity index (χ1) is 9.69. The van der Waals surface area contributed by atoms with Crippen LogP contribution in [-0.2, 0) is 6.42 Å². The number of nitrogens with one attached hydrogen (secondary N) is 1. The molecular weight excluding hydrogens is 250 g/mol. The summed E-state index contributed by atoms with van der Waals surface area (Å²) in [6.07, 6.45) is 0.890. The molecule has 2 rings (SSSR count). The largest absolute Gasteiger partial charge is 0.508 e. The summed E-state index contributed by atoms with van der Waals surface area (Å²) in [4.78, 5) is 0. The monoisotopic (exact) mass is 271 g/mol. The Morgan fingerprint density at radius 3 is 2.50 bits per heavy atom. The summed E-state index contributed by atoms with van der Waals surface area (Å²) in [6, 6.07) is 15.6. The standard InChI is InChI=1S/C17H21NO2/c1-3-20-17-7-5-4-6-16(17)18-13(2)12-14-8-10-15(19)11-9-14/h4-11,13,18-19H,3,12H2,1-2H3. The van der Waals surface area contributed by atoms with Gasteiger partial charge in [-0.05, 0) is 50.1 Å². The third-order valence-electron chi connectivity index (χ3n) is 3.07. The molecule has 0 fully saturated rings. The third kappa shape index (κ3) is 3.92. The molecule has 3 heteroatoms. The predicted octanol–water partition coefficient (Wildman–Crippen LogP) is 3.83. The average Bonchev–Trinajstić information content (AvgIpc) is 2.44. The van der Waals surface area contributed by atoms with Gasteiger partial charge >= 0.3 is 0 Å². The maximum Gasteiger partial charge on any atom is 0.142 e. The van der Waals surface area contributed by atoms with Crippen LogP contribution < -0.4 is 10.1 Å². The van der Waals surface area contributed by atoms with E-state index in [1.807, 2.05) is 43.3 Å². The lowest BCUT2D eigenvalue weighted by atomic mass is 10.1. The number of rotatable bonds is 6. The molecule has 106 valence electrons. The zero-order chi connectivity index (χ0) is 14.4. The van der Waals surface area contributed by atoms with Gasteiger partial charge in [-0.25, -0.2) is 0 Å². The van der Waals surface area contributed by atoms with E-state index in [-0.39, 0.29) is 6.04 Å². The van der Waals surface area contributed by atoms with Gasteiger partial charge in [-0.15, -0.1) is 0 Å². The van der Waals surface area contributed by atoms with E-state index in [9.17, 15) is 5.11 Å². The first-order valence-electron chi connectivity index (χ1n) is 6.95. The molecule has 20 heavy (non-hydrogen) atoms. The summed E-state index contributed by atoms with van der Waals surface area (Å²) in [5.74, 6) is 1.18. The van der Waals surface area contributed by atoms with E-state index in [0.717, 1.165) is 17.9 Å². The number of ether oxygens (including phenoxy) is 1. The van der Waals surface area contributed by atoms with Crippen molar-refractivity contribution >= 4 is 5.69 Å². The number of hydrogen-bond acceptors (Lipinski definition) is 3. The Balaban J connectivity index is 2.00. The number of aromatic hydroxyl groups is 1. The third-order valence-corrected chi connectivity index (χ3v) is 3.07. The lowest BCUT2D eigenvalue weighted by Gasteiger charge is -2.18. The molecule has 1 atom stereocenters. The minimum Gasteiger partial charge on any atom is -0.508 e. The molecule has 0 bridgehead atoms. The lowest BCUT2D eigenvalue weighted by Crippen LogP contribution is -2.18. The Bertz CT molecular complexity index is 537. The molecule has 2 aromatic rings. The molecule has 0 heterocycles. The zero-order valence-electron chi connectivity index (χ0n) is 12.0. The van der Waals surface area contributed by atoms with Crippen molar-refractivity contribution in [2.45, 2.75) is 26.3 Å². The van der Waals surface area contributed by atoms with Crippen molar-refractivity contribution in [3.05, 3.63) is 54.1 Å². The second kappa shape index (κ2) is 6.85. The first kappa shape index (κ1) is 14.3. The van der Waals surface area contributed by atoms with Crippen molar-refractivity contribution in [2.24, 2.45) is 0 Å². The van der Waals surface area contributed by atoms with E-state index in [2.05, 4.69) is 12.2 Å². The van der Waals surface area contributed by atoms with Gasteiger partial charge in [-0.1, -0.05) is 24.3 Å². The number of hydrogen-bond donors (Lipinski definition) is 2. The molecule has 2 N–H and O–H groups in total. The Kier molecular flexibility index (Phi) is 4.88. The van der Waals surface area contributed by atoms with Crippen molar-refractivity contribution in [2.75, 3.05) is 11.9 Å². The smallest absolute Gasteiger partial charge is 0.142 e. The molecule has 0 aliphatic carbocycles. The van der Waals surface area contributed by atoms with Gasteiger partial charge < -0.3 is 15.2 Å². The Labute approximate surface area is 120 Å². The van der Waals surface area contributed by atoms with Gasteiger partial charge in [0.1, 0.15) is 11.5 Å². The highest BCUT2D eigenvalue weighted by atomic mass is 16.5. The van der Waals surface area contributed by atoms with Crippen molar-refractivity contribution in [3.8, 4) is 11.5 Å². The molecule has 1 unspecified atom stereocenters. The predicted molar refractivity (Wildman–Crippen MR) is 82.5 cm³/mol. The molecule has 0 saturated heterocycles. The number of phenols is 1. The molecule has 0 radical (unpaired) electrons. The highest BCUT2D eigenvalue weighted by Crippen LogP contribution is 2.25. The number of benzene rings is 2. The fourth-order valence-electron chi connectivity index (χ4n) is 2.17. The summed E-state index contributed by atoms with van der Waals surface area (Å²) in [5.41, 5.74) is 2.21. The van der Waals surface area contributed by atoms with Crippen molar-refractivity contribution in [1.82, 2.24) is 0 Å². The second-order valence-electron chi connectivity index (χ2n) is 4.85. The summed E-state index contributed by atoms with van der Waals surface area (Å²) < 4.78 is 5.61. The Morgan fingerprint density at radius 1 is 1.10 bits per heavy atom. The Hall–Kier alpha value is -2.16. The van der Waals surface area contributed by atoms with E-state index >= 15 is 0 Å². The summed E-state index contributed by atoms with van der Waals surface area (Å²) >= 11 is 0. The minimum atomic E-state index is 0.279. The van der Waals surface area contributed by atoms with Crippen LogP contribution in [-0.4, -0.2) is 17.8 Å². The number of phenolic OH excluding ortho intramolecular Hbond substituents is 1. The van der Waals surface area contributed by atoms with Gasteiger partial charge in [-0.2, -0.15) is 0 Å². The number of anilines is 1. The zero-order valence-corrected chi connectivity index (χ0v) is 12.0. The maximum atomic E-state index is 9.29. The van der Waals surface area contributed by atoms with Gasteiger partial charge in [0.05, 0.1) is 12.3 Å². The van der Waals surface area contributed by atoms with E-state index in [1.165, 1.54) is 5.56 Å². The van der Waals surface area contributed by atoms with Gasteiger partial charge in [0.25, 0.3) is 0 Å². The fraction of sp³-hybridized carbons (Fsp3) is 0.294. The number of para-hydroxylation sites is 2. The van der Waals surface area contributed by atoms with Gasteiger partial charge in [-0.3, -0.25) is 0 Å². The van der Waals surface area contributed by atoms with Gasteiger partial charge in [0.2, 0.25) is 0 Å². The maximum absolute atomic E-state index is 9.29. The molecule has 0 aliphatic heterocycles. The van der Waals surface area contributed by atoms with Crippen LogP contribution in [0.25, 0.3) is 0 Å². The van der Waals surface area contributed by atoms with Crippen LogP contribution in [0.4, 0.5) is 5.69 Å². The van der Waals surface area contributed by atoms with Crippen LogP contribution in [0.15, 0.2) is 48.5 Å². The van der Waals surface area contributed by atoms with Gasteiger partial charge in [0, 0.05) is 6.04 Å².